The molecule has 0 saturated heterocycles. The molecule has 0 saturated carbocycles. The van der Waals surface area contributed by atoms with Gasteiger partial charge in [-0.15, -0.1) is 0 Å². The van der Waals surface area contributed by atoms with Crippen LogP contribution in [0.2, 0.25) is 0 Å². The van der Waals surface area contributed by atoms with Gasteiger partial charge in [-0.1, -0.05) is 27.2 Å². The zero-order chi connectivity index (χ0) is 12.7. The summed E-state index contributed by atoms with van der Waals surface area (Å²) in [4.78, 5) is 11.2. The molecule has 0 aliphatic heterocycles. The quantitative estimate of drug-likeness (QED) is 0.818. The van der Waals surface area contributed by atoms with Crippen LogP contribution in [0.1, 0.15) is 43.2 Å². The lowest BCUT2D eigenvalue weighted by molar-refractivity contribution is 0.1000. The first-order valence-corrected chi connectivity index (χ1v) is 5.65. The number of hydrogen-bond acceptors (Lipinski definition) is 3. The summed E-state index contributed by atoms with van der Waals surface area (Å²) in [6.07, 6.45) is 1.72. The van der Waals surface area contributed by atoms with Crippen LogP contribution in [0.25, 0.3) is 0 Å². The van der Waals surface area contributed by atoms with E-state index in [0.29, 0.717) is 11.4 Å². The topological polar surface area (TPSA) is 72.9 Å². The molecule has 0 aliphatic carbocycles. The standard InChI is InChI=1S/C9H16N4O.C2H6/c1-4-5-6-7(8(10)14)9(11-2)13(3)12-6;1-2/h11H,4-5H2,1-3H3,(H2,10,14);1-2H3. The van der Waals surface area contributed by atoms with E-state index in [4.69, 9.17) is 5.73 Å². The van der Waals surface area contributed by atoms with E-state index in [2.05, 4.69) is 10.4 Å². The van der Waals surface area contributed by atoms with E-state index >= 15 is 0 Å². The number of carbonyl (C=O) groups is 1. The Morgan fingerprint density at radius 1 is 1.50 bits per heavy atom. The molecule has 3 N–H and O–H groups in total. The molecule has 1 rings (SSSR count). The highest BCUT2D eigenvalue weighted by atomic mass is 16.1. The minimum atomic E-state index is -0.425. The van der Waals surface area contributed by atoms with E-state index in [0.717, 1.165) is 18.5 Å². The Morgan fingerprint density at radius 2 is 2.06 bits per heavy atom. The average Bonchev–Trinajstić information content (AvgIpc) is 2.58. The molecule has 0 radical (unpaired) electrons. The van der Waals surface area contributed by atoms with Crippen LogP contribution in [-0.4, -0.2) is 22.7 Å². The summed E-state index contributed by atoms with van der Waals surface area (Å²) in [6.45, 7) is 6.04. The number of nitrogens with two attached hydrogens (primary N) is 1. The van der Waals surface area contributed by atoms with Crippen LogP contribution >= 0.6 is 0 Å². The van der Waals surface area contributed by atoms with Crippen molar-refractivity contribution >= 4 is 11.7 Å². The average molecular weight is 226 g/mol. The second-order valence-corrected chi connectivity index (χ2v) is 3.16. The highest BCUT2D eigenvalue weighted by molar-refractivity contribution is 5.98. The van der Waals surface area contributed by atoms with E-state index < -0.39 is 5.91 Å². The molecule has 5 heteroatoms. The largest absolute Gasteiger partial charge is 0.373 e. The fourth-order valence-electron chi connectivity index (χ4n) is 1.54. The van der Waals surface area contributed by atoms with Crippen molar-refractivity contribution in [3.63, 3.8) is 0 Å². The molecule has 1 aromatic heterocycles. The molecule has 1 aromatic rings. The van der Waals surface area contributed by atoms with Crippen LogP contribution in [0, 0.1) is 0 Å². The molecule has 92 valence electrons. The summed E-state index contributed by atoms with van der Waals surface area (Å²) in [7, 11) is 3.54. The maximum atomic E-state index is 11.2. The Labute approximate surface area is 97.0 Å². The van der Waals surface area contributed by atoms with Gasteiger partial charge in [0.1, 0.15) is 11.4 Å². The van der Waals surface area contributed by atoms with Gasteiger partial charge < -0.3 is 11.1 Å². The number of primary amides is 1. The van der Waals surface area contributed by atoms with Crippen LogP contribution in [0.5, 0.6) is 0 Å². The number of hydrogen-bond donors (Lipinski definition) is 2. The smallest absolute Gasteiger partial charge is 0.254 e. The second kappa shape index (κ2) is 6.87. The van der Waals surface area contributed by atoms with Crippen LogP contribution in [0.3, 0.4) is 0 Å². The Hall–Kier alpha value is -1.52. The number of nitrogens with one attached hydrogen (secondary N) is 1. The van der Waals surface area contributed by atoms with E-state index in [9.17, 15) is 4.79 Å². The highest BCUT2D eigenvalue weighted by Gasteiger charge is 2.18. The summed E-state index contributed by atoms with van der Waals surface area (Å²) in [6, 6.07) is 0. The maximum Gasteiger partial charge on any atom is 0.254 e. The highest BCUT2D eigenvalue weighted by Crippen LogP contribution is 2.19. The van der Waals surface area contributed by atoms with Gasteiger partial charge in [0.25, 0.3) is 5.91 Å². The number of aryl methyl sites for hydroxylation is 2. The molecule has 0 spiro atoms. The maximum absolute atomic E-state index is 11.2. The van der Waals surface area contributed by atoms with Crippen molar-refractivity contribution in [2.75, 3.05) is 12.4 Å². The molecule has 0 unspecified atom stereocenters. The van der Waals surface area contributed by atoms with E-state index in [1.807, 2.05) is 20.8 Å². The predicted octanol–water partition coefficient (Wildman–Crippen LogP) is 1.54. The molecule has 5 nitrogen and oxygen atoms in total. The Kier molecular flexibility index (Phi) is 6.22. The van der Waals surface area contributed by atoms with Crippen LogP contribution < -0.4 is 11.1 Å². The summed E-state index contributed by atoms with van der Waals surface area (Å²) >= 11 is 0. The van der Waals surface area contributed by atoms with Crippen LogP contribution in [-0.2, 0) is 13.5 Å². The molecule has 0 bridgehead atoms. The minimum absolute atomic E-state index is 0.425. The number of carbonyl (C=O) groups excluding carboxylic acids is 1. The molecular formula is C11H22N4O. The van der Waals surface area contributed by atoms with Crippen LogP contribution in [0.4, 0.5) is 5.82 Å². The summed E-state index contributed by atoms with van der Waals surface area (Å²) in [5.41, 5.74) is 6.58. The number of amides is 1. The van der Waals surface area contributed by atoms with Crippen molar-refractivity contribution in [2.24, 2.45) is 12.8 Å². The van der Waals surface area contributed by atoms with Crippen molar-refractivity contribution in [3.8, 4) is 0 Å². The molecule has 0 atom stereocenters. The summed E-state index contributed by atoms with van der Waals surface area (Å²) < 4.78 is 1.64. The number of rotatable bonds is 4. The Balaban J connectivity index is 0.00000106. The van der Waals surface area contributed by atoms with Gasteiger partial charge in [0.2, 0.25) is 0 Å². The normalized spacial score (nSPS) is 9.31. The summed E-state index contributed by atoms with van der Waals surface area (Å²) in [5.74, 6) is 0.256. The van der Waals surface area contributed by atoms with Gasteiger partial charge in [-0.05, 0) is 6.42 Å². The van der Waals surface area contributed by atoms with Gasteiger partial charge in [0.05, 0.1) is 5.69 Å². The van der Waals surface area contributed by atoms with Crippen LogP contribution in [0.15, 0.2) is 0 Å². The fourth-order valence-corrected chi connectivity index (χ4v) is 1.54. The fraction of sp³-hybridized carbons (Fsp3) is 0.636. The number of anilines is 1. The lowest BCUT2D eigenvalue weighted by Crippen LogP contribution is -2.15. The van der Waals surface area contributed by atoms with Crippen molar-refractivity contribution in [2.45, 2.75) is 33.6 Å². The molecule has 1 heterocycles. The molecule has 0 aliphatic rings. The number of aromatic nitrogens is 2. The third kappa shape index (κ3) is 2.98. The second-order valence-electron chi connectivity index (χ2n) is 3.16. The van der Waals surface area contributed by atoms with Gasteiger partial charge in [0, 0.05) is 14.1 Å². The summed E-state index contributed by atoms with van der Waals surface area (Å²) in [5, 5.41) is 7.17. The predicted molar refractivity (Wildman–Crippen MR) is 66.6 cm³/mol. The van der Waals surface area contributed by atoms with Gasteiger partial charge >= 0.3 is 0 Å². The first-order chi connectivity index (χ1) is 7.61. The molecular weight excluding hydrogens is 204 g/mol. The van der Waals surface area contributed by atoms with Crippen molar-refractivity contribution in [3.05, 3.63) is 11.3 Å². The Morgan fingerprint density at radius 3 is 2.44 bits per heavy atom. The monoisotopic (exact) mass is 226 g/mol. The van der Waals surface area contributed by atoms with Crippen molar-refractivity contribution in [1.29, 1.82) is 0 Å². The zero-order valence-corrected chi connectivity index (χ0v) is 10.8. The van der Waals surface area contributed by atoms with Crippen molar-refractivity contribution in [1.82, 2.24) is 9.78 Å². The molecule has 0 aromatic carbocycles. The number of nitrogens with zero attached hydrogens (tertiary/aromatic N) is 2. The third-order valence-corrected chi connectivity index (χ3v) is 2.09. The lowest BCUT2D eigenvalue weighted by atomic mass is 10.1. The van der Waals surface area contributed by atoms with Gasteiger partial charge in [-0.25, -0.2) is 0 Å². The molecule has 1 amide bonds. The molecule has 0 fully saturated rings. The van der Waals surface area contributed by atoms with E-state index in [1.54, 1.807) is 18.8 Å². The van der Waals surface area contributed by atoms with Gasteiger partial charge in [0.15, 0.2) is 0 Å². The minimum Gasteiger partial charge on any atom is -0.373 e. The first-order valence-electron chi connectivity index (χ1n) is 5.65. The Bertz CT molecular complexity index is 344. The third-order valence-electron chi connectivity index (χ3n) is 2.09. The van der Waals surface area contributed by atoms with E-state index in [-0.39, 0.29) is 0 Å². The van der Waals surface area contributed by atoms with Gasteiger partial charge in [-0.3, -0.25) is 9.48 Å². The first kappa shape index (κ1) is 14.5. The van der Waals surface area contributed by atoms with E-state index in [1.165, 1.54) is 0 Å². The zero-order valence-electron chi connectivity index (χ0n) is 10.8. The SMILES string of the molecule is CC.CCCc1nn(C)c(NC)c1C(N)=O. The molecule has 16 heavy (non-hydrogen) atoms. The lowest BCUT2D eigenvalue weighted by Gasteiger charge is -2.01. The van der Waals surface area contributed by atoms with Crippen molar-refractivity contribution < 1.29 is 4.79 Å². The van der Waals surface area contributed by atoms with Gasteiger partial charge in [-0.2, -0.15) is 5.10 Å².